The summed E-state index contributed by atoms with van der Waals surface area (Å²) < 4.78 is 0. The molecule has 1 aliphatic heterocycles. The molecule has 0 aromatic rings. The van der Waals surface area contributed by atoms with Gasteiger partial charge in [-0.05, 0) is 46.6 Å². The molecule has 0 spiro atoms. The molecule has 1 saturated heterocycles. The van der Waals surface area contributed by atoms with Crippen LogP contribution >= 0.6 is 0 Å². The van der Waals surface area contributed by atoms with Crippen molar-refractivity contribution in [3.05, 3.63) is 0 Å². The molecule has 0 radical (unpaired) electrons. The molecule has 0 amide bonds. The van der Waals surface area contributed by atoms with Crippen LogP contribution in [0.25, 0.3) is 0 Å². The summed E-state index contributed by atoms with van der Waals surface area (Å²) in [6.45, 7) is 7.87. The fourth-order valence-corrected chi connectivity index (χ4v) is 2.79. The van der Waals surface area contributed by atoms with Gasteiger partial charge < -0.3 is 10.8 Å². The van der Waals surface area contributed by atoms with Crippen LogP contribution in [0.4, 0.5) is 0 Å². The van der Waals surface area contributed by atoms with Crippen LogP contribution in [0.3, 0.4) is 0 Å². The Morgan fingerprint density at radius 1 is 1.44 bits per heavy atom. The van der Waals surface area contributed by atoms with Gasteiger partial charge in [-0.15, -0.1) is 0 Å². The molecule has 3 N–H and O–H groups in total. The highest BCUT2D eigenvalue weighted by Crippen LogP contribution is 2.23. The third-order valence-corrected chi connectivity index (χ3v) is 3.85. The van der Waals surface area contributed by atoms with Gasteiger partial charge in [-0.25, -0.2) is 0 Å². The highest BCUT2D eigenvalue weighted by Gasteiger charge is 2.28. The number of nitrogens with zero attached hydrogens (tertiary/aromatic N) is 1. The lowest BCUT2D eigenvalue weighted by Crippen LogP contribution is -2.46. The fraction of sp³-hybridized carbons (Fsp3) is 1.00. The Morgan fingerprint density at radius 2 is 2.12 bits per heavy atom. The van der Waals surface area contributed by atoms with Gasteiger partial charge in [0.2, 0.25) is 0 Å². The molecule has 1 fully saturated rings. The Kier molecular flexibility index (Phi) is 5.22. The highest BCUT2D eigenvalue weighted by atomic mass is 16.3. The van der Waals surface area contributed by atoms with Crippen molar-refractivity contribution < 1.29 is 5.11 Å². The van der Waals surface area contributed by atoms with Crippen molar-refractivity contribution in [3.63, 3.8) is 0 Å². The number of hydrogen-bond acceptors (Lipinski definition) is 3. The van der Waals surface area contributed by atoms with E-state index in [2.05, 4.69) is 18.7 Å². The van der Waals surface area contributed by atoms with E-state index in [1.54, 1.807) is 0 Å². The maximum Gasteiger partial charge on any atom is 0.0756 e. The molecule has 16 heavy (non-hydrogen) atoms. The number of rotatable bonds is 4. The third kappa shape index (κ3) is 4.04. The summed E-state index contributed by atoms with van der Waals surface area (Å²) in [5, 5.41) is 10.0. The molecule has 1 aliphatic rings. The lowest BCUT2D eigenvalue weighted by molar-refractivity contribution is 0.0208. The molecule has 3 unspecified atom stereocenters. The van der Waals surface area contributed by atoms with Crippen molar-refractivity contribution >= 4 is 0 Å². The van der Waals surface area contributed by atoms with Crippen LogP contribution in [-0.4, -0.2) is 40.8 Å². The summed E-state index contributed by atoms with van der Waals surface area (Å²) >= 11 is 0. The van der Waals surface area contributed by atoms with Gasteiger partial charge in [0.25, 0.3) is 0 Å². The minimum atomic E-state index is -0.717. The number of likely N-dealkylation sites (tertiary alicyclic amines) is 1. The summed E-state index contributed by atoms with van der Waals surface area (Å²) in [5.41, 5.74) is 4.86. The van der Waals surface area contributed by atoms with E-state index in [0.717, 1.165) is 6.42 Å². The second-order valence-corrected chi connectivity index (χ2v) is 5.69. The fourth-order valence-electron chi connectivity index (χ4n) is 2.79. The third-order valence-electron chi connectivity index (χ3n) is 3.85. The molecule has 3 heteroatoms. The first-order valence-electron chi connectivity index (χ1n) is 6.64. The van der Waals surface area contributed by atoms with Gasteiger partial charge >= 0.3 is 0 Å². The summed E-state index contributed by atoms with van der Waals surface area (Å²) in [5.74, 6) is 0. The number of aliphatic hydroxyl groups is 1. The Hall–Kier alpha value is -0.120. The predicted octanol–water partition coefficient (Wildman–Crippen LogP) is 1.74. The Morgan fingerprint density at radius 3 is 2.75 bits per heavy atom. The molecule has 3 nitrogen and oxygen atoms in total. The highest BCUT2D eigenvalue weighted by molar-refractivity contribution is 4.84. The largest absolute Gasteiger partial charge is 0.389 e. The van der Waals surface area contributed by atoms with Gasteiger partial charge in [0.05, 0.1) is 5.60 Å². The van der Waals surface area contributed by atoms with Gasteiger partial charge in [-0.2, -0.15) is 0 Å². The van der Waals surface area contributed by atoms with Gasteiger partial charge in [-0.3, -0.25) is 4.90 Å². The van der Waals surface area contributed by atoms with E-state index >= 15 is 0 Å². The minimum Gasteiger partial charge on any atom is -0.389 e. The van der Waals surface area contributed by atoms with Crippen LogP contribution in [0.15, 0.2) is 0 Å². The first-order valence-corrected chi connectivity index (χ1v) is 6.64. The van der Waals surface area contributed by atoms with Crippen LogP contribution in [-0.2, 0) is 0 Å². The van der Waals surface area contributed by atoms with E-state index < -0.39 is 5.60 Å². The first kappa shape index (κ1) is 13.9. The van der Waals surface area contributed by atoms with Crippen LogP contribution in [0.1, 0.15) is 52.9 Å². The summed E-state index contributed by atoms with van der Waals surface area (Å²) in [7, 11) is 0. The van der Waals surface area contributed by atoms with Crippen LogP contribution < -0.4 is 5.73 Å². The van der Waals surface area contributed by atoms with Crippen LogP contribution in [0, 0.1) is 0 Å². The average molecular weight is 228 g/mol. The zero-order valence-corrected chi connectivity index (χ0v) is 11.1. The minimum absolute atomic E-state index is 0.347. The van der Waals surface area contributed by atoms with E-state index in [4.69, 9.17) is 5.73 Å². The maximum atomic E-state index is 10.0. The standard InChI is InChI=1S/C13H28N2O/c1-11-7-5-4-6-8-15(11)12(2)9-13(3,16)10-14/h11-12,16H,4-10,14H2,1-3H3. The smallest absolute Gasteiger partial charge is 0.0756 e. The van der Waals surface area contributed by atoms with Gasteiger partial charge in [0.1, 0.15) is 0 Å². The van der Waals surface area contributed by atoms with Crippen molar-refractivity contribution in [2.24, 2.45) is 5.73 Å². The quantitative estimate of drug-likeness (QED) is 0.770. The molecule has 1 rings (SSSR count). The molecule has 0 aromatic heterocycles. The first-order chi connectivity index (χ1) is 7.46. The SMILES string of the molecule is CC1CCCCCN1C(C)CC(C)(O)CN. The Bertz CT molecular complexity index is 206. The second kappa shape index (κ2) is 5.99. The summed E-state index contributed by atoms with van der Waals surface area (Å²) in [6, 6.07) is 1.07. The van der Waals surface area contributed by atoms with Crippen LogP contribution in [0.2, 0.25) is 0 Å². The average Bonchev–Trinajstić information content (AvgIpc) is 2.42. The topological polar surface area (TPSA) is 49.5 Å². The second-order valence-electron chi connectivity index (χ2n) is 5.69. The van der Waals surface area contributed by atoms with Gasteiger partial charge in [-0.1, -0.05) is 12.8 Å². The monoisotopic (exact) mass is 228 g/mol. The Balaban J connectivity index is 2.53. The van der Waals surface area contributed by atoms with E-state index in [-0.39, 0.29) is 0 Å². The van der Waals surface area contributed by atoms with Crippen molar-refractivity contribution in [3.8, 4) is 0 Å². The molecule has 1 heterocycles. The van der Waals surface area contributed by atoms with E-state index in [1.807, 2.05) is 6.92 Å². The molecule has 0 saturated carbocycles. The number of hydrogen-bond donors (Lipinski definition) is 2. The maximum absolute atomic E-state index is 10.0. The zero-order valence-electron chi connectivity index (χ0n) is 11.1. The Labute approximate surface area is 100 Å². The molecule has 96 valence electrons. The molecule has 0 aromatic carbocycles. The van der Waals surface area contributed by atoms with Crippen molar-refractivity contribution in [1.29, 1.82) is 0 Å². The molecule has 0 bridgehead atoms. The van der Waals surface area contributed by atoms with Crippen LogP contribution in [0.5, 0.6) is 0 Å². The van der Waals surface area contributed by atoms with Crippen molar-refractivity contribution in [2.75, 3.05) is 13.1 Å². The zero-order chi connectivity index (χ0) is 12.2. The van der Waals surface area contributed by atoms with E-state index in [1.165, 1.54) is 32.2 Å². The lowest BCUT2D eigenvalue weighted by atomic mass is 9.96. The molecule has 0 aliphatic carbocycles. The normalized spacial score (nSPS) is 29.4. The van der Waals surface area contributed by atoms with Crippen molar-refractivity contribution in [2.45, 2.75) is 70.6 Å². The lowest BCUT2D eigenvalue weighted by Gasteiger charge is -2.36. The van der Waals surface area contributed by atoms with E-state index in [9.17, 15) is 5.11 Å². The molecule has 3 atom stereocenters. The van der Waals surface area contributed by atoms with Gasteiger partial charge in [0, 0.05) is 18.6 Å². The molecular weight excluding hydrogens is 200 g/mol. The summed E-state index contributed by atoms with van der Waals surface area (Å²) in [6.07, 6.45) is 6.04. The predicted molar refractivity (Wildman–Crippen MR) is 68.4 cm³/mol. The van der Waals surface area contributed by atoms with Crippen molar-refractivity contribution in [1.82, 2.24) is 4.90 Å². The number of nitrogens with two attached hydrogens (primary N) is 1. The molecular formula is C13H28N2O. The summed E-state index contributed by atoms with van der Waals surface area (Å²) in [4.78, 5) is 2.54. The van der Waals surface area contributed by atoms with Gasteiger partial charge in [0.15, 0.2) is 0 Å². The van der Waals surface area contributed by atoms with E-state index in [0.29, 0.717) is 18.6 Å².